The molecule has 0 radical (unpaired) electrons. The Morgan fingerprint density at radius 2 is 1.53 bits per heavy atom. The molecule has 0 aliphatic carbocycles. The second kappa shape index (κ2) is 4.32. The first-order valence-corrected chi connectivity index (χ1v) is 4.88. The predicted molar refractivity (Wildman–Crippen MR) is 61.7 cm³/mol. The molecule has 15 heavy (non-hydrogen) atoms. The molecule has 2 nitrogen and oxygen atoms in total. The lowest BCUT2D eigenvalue weighted by Crippen LogP contribution is -2.16. The summed E-state index contributed by atoms with van der Waals surface area (Å²) in [5.74, 6) is 0. The van der Waals surface area contributed by atoms with Crippen molar-refractivity contribution in [3.63, 3.8) is 0 Å². The van der Waals surface area contributed by atoms with Crippen LogP contribution in [-0.2, 0) is 0 Å². The lowest BCUT2D eigenvalue weighted by Gasteiger charge is -2.25. The number of allylic oxidation sites excluding steroid dienone is 3. The van der Waals surface area contributed by atoms with Crippen molar-refractivity contribution in [1.29, 1.82) is 10.5 Å². The summed E-state index contributed by atoms with van der Waals surface area (Å²) in [5, 5.41) is 17.9. The van der Waals surface area contributed by atoms with Crippen molar-refractivity contribution >= 4 is 0 Å². The summed E-state index contributed by atoms with van der Waals surface area (Å²) in [5.41, 5.74) is 0.704. The molecule has 0 saturated carbocycles. The fraction of sp³-hybridized carbons (Fsp3) is 0.538. The highest BCUT2D eigenvalue weighted by atomic mass is 14.4. The standard InChI is InChI=1S/C13H18N2/c1-10(2)11(12(3,4)5)7-13(6,8-14)9-15/h7H,1H2,2-6H3/b11-7+. The van der Waals surface area contributed by atoms with E-state index < -0.39 is 5.41 Å². The molecule has 0 aromatic carbocycles. The maximum Gasteiger partial charge on any atom is 0.159 e. The minimum absolute atomic E-state index is 0.0964. The van der Waals surface area contributed by atoms with E-state index in [1.54, 1.807) is 13.0 Å². The third-order valence-corrected chi connectivity index (χ3v) is 2.17. The van der Waals surface area contributed by atoms with Crippen LogP contribution in [0.5, 0.6) is 0 Å². The molecule has 0 spiro atoms. The van der Waals surface area contributed by atoms with Gasteiger partial charge in [-0.25, -0.2) is 0 Å². The molecular weight excluding hydrogens is 184 g/mol. The molecule has 0 atom stereocenters. The van der Waals surface area contributed by atoms with Gasteiger partial charge in [-0.15, -0.1) is 0 Å². The van der Waals surface area contributed by atoms with E-state index in [1.807, 2.05) is 39.8 Å². The van der Waals surface area contributed by atoms with Crippen LogP contribution in [0.15, 0.2) is 23.8 Å². The molecule has 0 N–H and O–H groups in total. The molecule has 0 aliphatic rings. The Morgan fingerprint density at radius 1 is 1.13 bits per heavy atom. The quantitative estimate of drug-likeness (QED) is 0.642. The molecule has 0 aromatic heterocycles. The Balaban J connectivity index is 5.52. The summed E-state index contributed by atoms with van der Waals surface area (Å²) >= 11 is 0. The summed E-state index contributed by atoms with van der Waals surface area (Å²) < 4.78 is 0. The van der Waals surface area contributed by atoms with Gasteiger partial charge in [-0.3, -0.25) is 0 Å². The smallest absolute Gasteiger partial charge is 0.159 e. The second-order valence-corrected chi connectivity index (χ2v) is 5.01. The fourth-order valence-electron chi connectivity index (χ4n) is 1.36. The largest absolute Gasteiger partial charge is 0.196 e. The zero-order chi connectivity index (χ0) is 12.3. The van der Waals surface area contributed by atoms with Crippen LogP contribution in [0.1, 0.15) is 34.6 Å². The zero-order valence-electron chi connectivity index (χ0n) is 10.2. The molecule has 0 heterocycles. The molecule has 0 aromatic rings. The van der Waals surface area contributed by atoms with Crippen LogP contribution in [0, 0.1) is 33.5 Å². The van der Waals surface area contributed by atoms with Crippen molar-refractivity contribution in [2.24, 2.45) is 10.8 Å². The first-order chi connectivity index (χ1) is 6.66. The highest BCUT2D eigenvalue weighted by Crippen LogP contribution is 2.33. The van der Waals surface area contributed by atoms with Crippen molar-refractivity contribution < 1.29 is 0 Å². The molecule has 0 unspecified atom stereocenters. The lowest BCUT2D eigenvalue weighted by atomic mass is 9.78. The van der Waals surface area contributed by atoms with Crippen LogP contribution in [0.2, 0.25) is 0 Å². The van der Waals surface area contributed by atoms with Crippen LogP contribution in [0.4, 0.5) is 0 Å². The van der Waals surface area contributed by atoms with Crippen molar-refractivity contribution in [3.05, 3.63) is 23.8 Å². The summed E-state index contributed by atoms with van der Waals surface area (Å²) in [7, 11) is 0. The van der Waals surface area contributed by atoms with Gasteiger partial charge in [0.2, 0.25) is 0 Å². The molecule has 0 fully saturated rings. The summed E-state index contributed by atoms with van der Waals surface area (Å²) in [6.07, 6.45) is 1.72. The van der Waals surface area contributed by atoms with E-state index in [-0.39, 0.29) is 5.41 Å². The number of nitriles is 2. The average molecular weight is 202 g/mol. The maximum atomic E-state index is 8.93. The van der Waals surface area contributed by atoms with E-state index >= 15 is 0 Å². The number of hydrogen-bond donors (Lipinski definition) is 0. The highest BCUT2D eigenvalue weighted by Gasteiger charge is 2.26. The third-order valence-electron chi connectivity index (χ3n) is 2.17. The van der Waals surface area contributed by atoms with Crippen LogP contribution >= 0.6 is 0 Å². The topological polar surface area (TPSA) is 47.6 Å². The minimum Gasteiger partial charge on any atom is -0.196 e. The minimum atomic E-state index is -1.07. The van der Waals surface area contributed by atoms with Crippen molar-refractivity contribution in [2.75, 3.05) is 0 Å². The van der Waals surface area contributed by atoms with Crippen molar-refractivity contribution in [2.45, 2.75) is 34.6 Å². The molecule has 0 amide bonds. The summed E-state index contributed by atoms with van der Waals surface area (Å²) in [6, 6.07) is 4.01. The van der Waals surface area contributed by atoms with Gasteiger partial charge >= 0.3 is 0 Å². The molecular formula is C13H18N2. The second-order valence-electron chi connectivity index (χ2n) is 5.01. The van der Waals surface area contributed by atoms with Gasteiger partial charge in [0.05, 0.1) is 12.1 Å². The van der Waals surface area contributed by atoms with Gasteiger partial charge in [0.1, 0.15) is 0 Å². The van der Waals surface area contributed by atoms with E-state index in [2.05, 4.69) is 6.58 Å². The monoisotopic (exact) mass is 202 g/mol. The van der Waals surface area contributed by atoms with Gasteiger partial charge in [0, 0.05) is 0 Å². The fourth-order valence-corrected chi connectivity index (χ4v) is 1.36. The van der Waals surface area contributed by atoms with Gasteiger partial charge in [-0.1, -0.05) is 32.9 Å². The van der Waals surface area contributed by atoms with Gasteiger partial charge in [-0.05, 0) is 30.9 Å². The lowest BCUT2D eigenvalue weighted by molar-refractivity contribution is 0.502. The number of rotatable bonds is 2. The van der Waals surface area contributed by atoms with Crippen molar-refractivity contribution in [3.8, 4) is 12.1 Å². The Morgan fingerprint density at radius 3 is 1.73 bits per heavy atom. The average Bonchev–Trinajstić information content (AvgIpc) is 2.11. The SMILES string of the molecule is C=C(C)/C(=C\C(C)(C#N)C#N)C(C)(C)C. The molecule has 0 saturated heterocycles. The predicted octanol–water partition coefficient (Wildman–Crippen LogP) is 3.59. The van der Waals surface area contributed by atoms with E-state index in [0.29, 0.717) is 0 Å². The summed E-state index contributed by atoms with van der Waals surface area (Å²) in [6.45, 7) is 13.5. The van der Waals surface area contributed by atoms with Crippen LogP contribution in [0.3, 0.4) is 0 Å². The maximum absolute atomic E-state index is 8.93. The Kier molecular flexibility index (Phi) is 3.88. The highest BCUT2D eigenvalue weighted by molar-refractivity contribution is 5.37. The Hall–Kier alpha value is -1.54. The van der Waals surface area contributed by atoms with Gasteiger partial charge in [0.15, 0.2) is 5.41 Å². The molecule has 0 rings (SSSR count). The number of hydrogen-bond acceptors (Lipinski definition) is 2. The first kappa shape index (κ1) is 13.5. The van der Waals surface area contributed by atoms with Gasteiger partial charge in [0.25, 0.3) is 0 Å². The Labute approximate surface area is 92.5 Å². The molecule has 0 bridgehead atoms. The van der Waals surface area contributed by atoms with Crippen molar-refractivity contribution in [1.82, 2.24) is 0 Å². The number of nitrogens with zero attached hydrogens (tertiary/aromatic N) is 2. The molecule has 2 heteroatoms. The van der Waals surface area contributed by atoms with E-state index in [4.69, 9.17) is 10.5 Å². The van der Waals surface area contributed by atoms with Gasteiger partial charge < -0.3 is 0 Å². The third kappa shape index (κ3) is 3.60. The zero-order valence-corrected chi connectivity index (χ0v) is 10.2. The summed E-state index contributed by atoms with van der Waals surface area (Å²) in [4.78, 5) is 0. The van der Waals surface area contributed by atoms with Gasteiger partial charge in [-0.2, -0.15) is 10.5 Å². The van der Waals surface area contributed by atoms with E-state index in [0.717, 1.165) is 11.1 Å². The van der Waals surface area contributed by atoms with Crippen LogP contribution < -0.4 is 0 Å². The molecule has 0 aliphatic heterocycles. The normalized spacial score (nSPS) is 12.9. The van der Waals surface area contributed by atoms with E-state index in [1.165, 1.54) is 0 Å². The van der Waals surface area contributed by atoms with Crippen LogP contribution in [-0.4, -0.2) is 0 Å². The molecule has 80 valence electrons. The first-order valence-electron chi connectivity index (χ1n) is 4.88. The van der Waals surface area contributed by atoms with E-state index in [9.17, 15) is 0 Å². The van der Waals surface area contributed by atoms with Crippen LogP contribution in [0.25, 0.3) is 0 Å². The Bertz CT molecular complexity index is 353.